The molecule has 4 heteroatoms. The van der Waals surface area contributed by atoms with E-state index in [2.05, 4.69) is 23.5 Å². The van der Waals surface area contributed by atoms with E-state index in [1.165, 1.54) is 11.1 Å². The summed E-state index contributed by atoms with van der Waals surface area (Å²) in [5.74, 6) is 0.447. The highest BCUT2D eigenvalue weighted by atomic mass is 16.3. The van der Waals surface area contributed by atoms with Crippen LogP contribution in [-0.2, 0) is 12.8 Å². The molecule has 134 valence electrons. The molecule has 1 amide bonds. The van der Waals surface area contributed by atoms with Gasteiger partial charge in [0.05, 0.1) is 0 Å². The maximum Gasteiger partial charge on any atom is 0.254 e. The topological polar surface area (TPSA) is 52.6 Å². The molecule has 1 atom stereocenters. The average Bonchev–Trinajstić information content (AvgIpc) is 2.69. The van der Waals surface area contributed by atoms with E-state index in [1.807, 2.05) is 35.2 Å². The van der Waals surface area contributed by atoms with Crippen molar-refractivity contribution in [3.63, 3.8) is 0 Å². The Kier molecular flexibility index (Phi) is 4.76. The Morgan fingerprint density at radius 1 is 1.19 bits per heavy atom. The van der Waals surface area contributed by atoms with Crippen molar-refractivity contribution in [2.75, 3.05) is 19.6 Å². The highest BCUT2D eigenvalue weighted by molar-refractivity contribution is 5.97. The average molecular weight is 348 g/mol. The summed E-state index contributed by atoms with van der Waals surface area (Å²) in [4.78, 5) is 15.1. The third kappa shape index (κ3) is 3.37. The van der Waals surface area contributed by atoms with Crippen LogP contribution in [0.1, 0.15) is 33.5 Å². The summed E-state index contributed by atoms with van der Waals surface area (Å²) in [6.07, 6.45) is 6.93. The minimum atomic E-state index is 0.126. The molecule has 0 radical (unpaired) electrons. The summed E-state index contributed by atoms with van der Waals surface area (Å²) in [5, 5.41) is 13.5. The third-order valence-corrected chi connectivity index (χ3v) is 5.30. The number of nitrogens with one attached hydrogen (secondary N) is 1. The van der Waals surface area contributed by atoms with Crippen molar-refractivity contribution in [1.29, 1.82) is 0 Å². The number of piperazine rings is 1. The van der Waals surface area contributed by atoms with Crippen molar-refractivity contribution in [1.82, 2.24) is 10.2 Å². The lowest BCUT2D eigenvalue weighted by Gasteiger charge is -2.34. The van der Waals surface area contributed by atoms with Crippen LogP contribution in [0.4, 0.5) is 0 Å². The summed E-state index contributed by atoms with van der Waals surface area (Å²) in [7, 11) is 0. The molecule has 2 aromatic rings. The first-order valence-corrected chi connectivity index (χ1v) is 9.30. The lowest BCUT2D eigenvalue weighted by molar-refractivity contribution is 0.0701. The van der Waals surface area contributed by atoms with Crippen molar-refractivity contribution in [2.45, 2.75) is 25.3 Å². The molecule has 2 aromatic carbocycles. The van der Waals surface area contributed by atoms with E-state index in [4.69, 9.17) is 0 Å². The molecule has 0 saturated carbocycles. The summed E-state index contributed by atoms with van der Waals surface area (Å²) >= 11 is 0. The number of allylic oxidation sites excluding steroid dienone is 1. The van der Waals surface area contributed by atoms with Crippen LogP contribution in [0.5, 0.6) is 5.75 Å². The van der Waals surface area contributed by atoms with Gasteiger partial charge in [0.25, 0.3) is 5.91 Å². The molecule has 1 heterocycles. The molecule has 1 aliphatic heterocycles. The summed E-state index contributed by atoms with van der Waals surface area (Å²) in [5.41, 5.74) is 4.11. The van der Waals surface area contributed by atoms with Crippen LogP contribution in [0.3, 0.4) is 0 Å². The number of benzene rings is 2. The number of amides is 1. The SMILES string of the molecule is O=C(c1cccc2c1CCC=C2)N1CCNC(Cc2ccccc2O)C1. The largest absolute Gasteiger partial charge is 0.508 e. The maximum absolute atomic E-state index is 13.2. The number of phenols is 1. The number of carbonyl (C=O) groups excluding carboxylic acids is 1. The lowest BCUT2D eigenvalue weighted by Crippen LogP contribution is -2.53. The zero-order valence-electron chi connectivity index (χ0n) is 14.8. The van der Waals surface area contributed by atoms with Crippen molar-refractivity contribution < 1.29 is 9.90 Å². The summed E-state index contributed by atoms with van der Waals surface area (Å²) < 4.78 is 0. The second kappa shape index (κ2) is 7.34. The molecule has 4 nitrogen and oxygen atoms in total. The zero-order chi connectivity index (χ0) is 17.9. The van der Waals surface area contributed by atoms with Crippen LogP contribution < -0.4 is 5.32 Å². The fourth-order valence-corrected chi connectivity index (χ4v) is 3.94. The minimum absolute atomic E-state index is 0.126. The van der Waals surface area contributed by atoms with E-state index in [1.54, 1.807) is 6.07 Å². The normalized spacial score (nSPS) is 19.2. The smallest absolute Gasteiger partial charge is 0.254 e. The highest BCUT2D eigenvalue weighted by Crippen LogP contribution is 2.25. The van der Waals surface area contributed by atoms with Crippen LogP contribution >= 0.6 is 0 Å². The van der Waals surface area contributed by atoms with Crippen LogP contribution in [-0.4, -0.2) is 41.6 Å². The van der Waals surface area contributed by atoms with Crippen LogP contribution in [0.15, 0.2) is 48.5 Å². The molecule has 1 fully saturated rings. The number of hydrogen-bond donors (Lipinski definition) is 2. The van der Waals surface area contributed by atoms with Gasteiger partial charge in [-0.1, -0.05) is 42.5 Å². The quantitative estimate of drug-likeness (QED) is 0.896. The standard InChI is InChI=1S/C22H24N2O2/c25-21-11-4-2-7-17(21)14-18-15-24(13-12-23-18)22(26)20-10-5-8-16-6-1-3-9-19(16)20/h1-2,4-8,10-11,18,23,25H,3,9,12-15H2. The van der Waals surface area contributed by atoms with Gasteiger partial charge >= 0.3 is 0 Å². The highest BCUT2D eigenvalue weighted by Gasteiger charge is 2.26. The Hall–Kier alpha value is -2.59. The fourth-order valence-electron chi connectivity index (χ4n) is 3.94. The molecule has 1 aliphatic carbocycles. The second-order valence-corrected chi connectivity index (χ2v) is 7.05. The van der Waals surface area contributed by atoms with Crippen molar-refractivity contribution in [3.8, 4) is 5.75 Å². The molecular formula is C22H24N2O2. The molecule has 0 aromatic heterocycles. The number of carbonyl (C=O) groups is 1. The second-order valence-electron chi connectivity index (χ2n) is 7.05. The van der Waals surface area contributed by atoms with Crippen molar-refractivity contribution in [2.24, 2.45) is 0 Å². The van der Waals surface area contributed by atoms with E-state index in [0.29, 0.717) is 18.7 Å². The van der Waals surface area contributed by atoms with Gasteiger partial charge in [-0.15, -0.1) is 0 Å². The van der Waals surface area contributed by atoms with Crippen LogP contribution in [0, 0.1) is 0 Å². The van der Waals surface area contributed by atoms with E-state index in [9.17, 15) is 9.90 Å². The third-order valence-electron chi connectivity index (χ3n) is 5.30. The number of para-hydroxylation sites is 1. The van der Waals surface area contributed by atoms with Gasteiger partial charge in [-0.2, -0.15) is 0 Å². The number of rotatable bonds is 3. The van der Waals surface area contributed by atoms with Gasteiger partial charge in [-0.05, 0) is 48.1 Å². The molecule has 2 N–H and O–H groups in total. The molecule has 0 bridgehead atoms. The minimum Gasteiger partial charge on any atom is -0.508 e. The van der Waals surface area contributed by atoms with Gasteiger partial charge in [0.2, 0.25) is 0 Å². The number of phenolic OH excluding ortho intramolecular Hbond substituents is 1. The molecule has 1 saturated heterocycles. The van der Waals surface area contributed by atoms with E-state index in [-0.39, 0.29) is 11.9 Å². The Bertz CT molecular complexity index is 844. The van der Waals surface area contributed by atoms with Gasteiger partial charge in [0.1, 0.15) is 5.75 Å². The molecule has 4 rings (SSSR count). The molecule has 0 spiro atoms. The first-order valence-electron chi connectivity index (χ1n) is 9.30. The molecule has 1 unspecified atom stereocenters. The van der Waals surface area contributed by atoms with Gasteiger partial charge in [-0.3, -0.25) is 4.79 Å². The van der Waals surface area contributed by atoms with Crippen molar-refractivity contribution in [3.05, 3.63) is 70.8 Å². The number of aromatic hydroxyl groups is 1. The Morgan fingerprint density at radius 3 is 2.96 bits per heavy atom. The van der Waals surface area contributed by atoms with Crippen LogP contribution in [0.2, 0.25) is 0 Å². The maximum atomic E-state index is 13.2. The fraction of sp³-hybridized carbons (Fsp3) is 0.318. The van der Waals surface area contributed by atoms with E-state index >= 15 is 0 Å². The van der Waals surface area contributed by atoms with Gasteiger partial charge < -0.3 is 15.3 Å². The van der Waals surface area contributed by atoms with Gasteiger partial charge in [0.15, 0.2) is 0 Å². The Labute approximate surface area is 154 Å². The Morgan fingerprint density at radius 2 is 2.08 bits per heavy atom. The number of hydrogen-bond acceptors (Lipinski definition) is 3. The van der Waals surface area contributed by atoms with Gasteiger partial charge in [-0.25, -0.2) is 0 Å². The Balaban J connectivity index is 1.51. The summed E-state index contributed by atoms with van der Waals surface area (Å²) in [6, 6.07) is 13.6. The molecule has 2 aliphatic rings. The van der Waals surface area contributed by atoms with E-state index in [0.717, 1.165) is 37.1 Å². The zero-order valence-corrected chi connectivity index (χ0v) is 14.8. The first kappa shape index (κ1) is 16.9. The lowest BCUT2D eigenvalue weighted by atomic mass is 9.92. The monoisotopic (exact) mass is 348 g/mol. The van der Waals surface area contributed by atoms with Crippen LogP contribution in [0.25, 0.3) is 6.08 Å². The number of fused-ring (bicyclic) bond motifs is 1. The van der Waals surface area contributed by atoms with Gasteiger partial charge in [0, 0.05) is 31.2 Å². The predicted octanol–water partition coefficient (Wildman–Crippen LogP) is 3.01. The number of nitrogens with zero attached hydrogens (tertiary/aromatic N) is 1. The first-order chi connectivity index (χ1) is 12.7. The van der Waals surface area contributed by atoms with Crippen molar-refractivity contribution >= 4 is 12.0 Å². The summed E-state index contributed by atoms with van der Waals surface area (Å²) in [6.45, 7) is 2.15. The predicted molar refractivity (Wildman–Crippen MR) is 103 cm³/mol. The molecule has 26 heavy (non-hydrogen) atoms. The molecular weight excluding hydrogens is 324 g/mol. The van der Waals surface area contributed by atoms with E-state index < -0.39 is 0 Å².